The summed E-state index contributed by atoms with van der Waals surface area (Å²) in [5, 5.41) is 9.74. The molecule has 2 aromatic rings. The molecular weight excluding hydrogens is 215 g/mol. The molecule has 0 spiro atoms. The second-order valence-electron chi connectivity index (χ2n) is 3.68. The number of aromatic hydroxyl groups is 1. The average molecular weight is 226 g/mol. The van der Waals surface area contributed by atoms with Crippen LogP contribution >= 0.6 is 11.3 Å². The molecule has 0 fully saturated rings. The van der Waals surface area contributed by atoms with Crippen molar-refractivity contribution < 1.29 is 9.50 Å². The van der Waals surface area contributed by atoms with E-state index >= 15 is 0 Å². The van der Waals surface area contributed by atoms with Crippen LogP contribution < -0.4 is 5.73 Å². The van der Waals surface area contributed by atoms with Gasteiger partial charge in [0.1, 0.15) is 0 Å². The molecule has 0 aliphatic carbocycles. The fourth-order valence-corrected chi connectivity index (χ4v) is 2.32. The highest BCUT2D eigenvalue weighted by Crippen LogP contribution is 2.36. The highest BCUT2D eigenvalue weighted by molar-refractivity contribution is 7.22. The van der Waals surface area contributed by atoms with Crippen LogP contribution in [0.15, 0.2) is 6.07 Å². The van der Waals surface area contributed by atoms with Gasteiger partial charge in [0.05, 0.1) is 10.2 Å². The van der Waals surface area contributed by atoms with Gasteiger partial charge in [0.2, 0.25) is 0 Å². The Balaban J connectivity index is 2.87. The van der Waals surface area contributed by atoms with Gasteiger partial charge in [-0.15, -0.1) is 0 Å². The number of nitrogen functional groups attached to an aromatic ring is 1. The van der Waals surface area contributed by atoms with Gasteiger partial charge >= 0.3 is 0 Å². The molecule has 15 heavy (non-hydrogen) atoms. The van der Waals surface area contributed by atoms with Gasteiger partial charge in [-0.05, 0) is 17.5 Å². The van der Waals surface area contributed by atoms with Crippen molar-refractivity contribution >= 4 is 26.7 Å². The van der Waals surface area contributed by atoms with Crippen molar-refractivity contribution in [1.29, 1.82) is 0 Å². The van der Waals surface area contributed by atoms with Gasteiger partial charge in [-0.25, -0.2) is 9.37 Å². The molecule has 1 aromatic heterocycles. The minimum Gasteiger partial charge on any atom is -0.505 e. The van der Waals surface area contributed by atoms with E-state index in [4.69, 9.17) is 5.73 Å². The Morgan fingerprint density at radius 1 is 1.53 bits per heavy atom. The lowest BCUT2D eigenvalue weighted by Crippen LogP contribution is -1.91. The molecule has 1 heterocycles. The van der Waals surface area contributed by atoms with Crippen molar-refractivity contribution in [3.63, 3.8) is 0 Å². The summed E-state index contributed by atoms with van der Waals surface area (Å²) in [5.74, 6) is -0.807. The van der Waals surface area contributed by atoms with Crippen molar-refractivity contribution in [2.24, 2.45) is 0 Å². The summed E-state index contributed by atoms with van der Waals surface area (Å²) in [5.41, 5.74) is 6.91. The Morgan fingerprint density at radius 2 is 2.20 bits per heavy atom. The highest BCUT2D eigenvalue weighted by atomic mass is 32.1. The number of nitrogens with zero attached hydrogens (tertiary/aromatic N) is 1. The Hall–Kier alpha value is -1.36. The molecule has 0 aliphatic heterocycles. The monoisotopic (exact) mass is 226 g/mol. The van der Waals surface area contributed by atoms with Crippen molar-refractivity contribution in [2.75, 3.05) is 5.73 Å². The smallest absolute Gasteiger partial charge is 0.184 e. The predicted molar refractivity (Wildman–Crippen MR) is 59.7 cm³/mol. The van der Waals surface area contributed by atoms with Crippen LogP contribution in [0.2, 0.25) is 0 Å². The van der Waals surface area contributed by atoms with E-state index in [1.807, 2.05) is 13.8 Å². The molecule has 5 heteroatoms. The van der Waals surface area contributed by atoms with Crippen molar-refractivity contribution in [2.45, 2.75) is 19.8 Å². The topological polar surface area (TPSA) is 59.1 Å². The fourth-order valence-electron chi connectivity index (χ4n) is 1.52. The van der Waals surface area contributed by atoms with E-state index in [-0.39, 0.29) is 11.7 Å². The van der Waals surface area contributed by atoms with E-state index in [0.717, 1.165) is 16.9 Å². The number of thiazole rings is 1. The summed E-state index contributed by atoms with van der Waals surface area (Å²) < 4.78 is 13.8. The number of halogens is 1. The van der Waals surface area contributed by atoms with Crippen molar-refractivity contribution in [1.82, 2.24) is 4.98 Å². The number of aromatic nitrogens is 1. The molecule has 80 valence electrons. The number of phenols is 1. The minimum atomic E-state index is -0.636. The molecule has 3 nitrogen and oxygen atoms in total. The first-order valence-electron chi connectivity index (χ1n) is 4.58. The maximum absolute atomic E-state index is 13.5. The molecule has 0 aliphatic rings. The van der Waals surface area contributed by atoms with Crippen LogP contribution in [-0.2, 0) is 0 Å². The highest BCUT2D eigenvalue weighted by Gasteiger charge is 2.17. The summed E-state index contributed by atoms with van der Waals surface area (Å²) >= 11 is 1.06. The van der Waals surface area contributed by atoms with Crippen LogP contribution in [0.1, 0.15) is 25.3 Å². The van der Waals surface area contributed by atoms with Crippen LogP contribution in [0, 0.1) is 5.82 Å². The van der Waals surface area contributed by atoms with Gasteiger partial charge in [-0.1, -0.05) is 25.2 Å². The Labute approximate surface area is 90.4 Å². The van der Waals surface area contributed by atoms with Gasteiger partial charge < -0.3 is 10.8 Å². The maximum atomic E-state index is 13.5. The lowest BCUT2D eigenvalue weighted by Gasteiger charge is -2.07. The second kappa shape index (κ2) is 3.34. The van der Waals surface area contributed by atoms with Crippen LogP contribution in [0.25, 0.3) is 10.2 Å². The normalized spacial score (nSPS) is 11.5. The summed E-state index contributed by atoms with van der Waals surface area (Å²) in [6.07, 6.45) is 0. The Bertz CT molecular complexity index is 522. The molecule has 3 N–H and O–H groups in total. The number of hydrogen-bond donors (Lipinski definition) is 2. The van der Waals surface area contributed by atoms with Crippen LogP contribution in [-0.4, -0.2) is 10.1 Å². The molecule has 0 unspecified atom stereocenters. The third kappa shape index (κ3) is 1.52. The van der Waals surface area contributed by atoms with Gasteiger partial charge in [-0.2, -0.15) is 0 Å². The molecule has 0 saturated heterocycles. The van der Waals surface area contributed by atoms with Crippen molar-refractivity contribution in [3.8, 4) is 5.75 Å². The van der Waals surface area contributed by atoms with E-state index in [1.165, 1.54) is 6.07 Å². The Morgan fingerprint density at radius 3 is 2.80 bits per heavy atom. The fraction of sp³-hybridized carbons (Fsp3) is 0.300. The Kier molecular flexibility index (Phi) is 2.26. The van der Waals surface area contributed by atoms with E-state index in [0.29, 0.717) is 15.3 Å². The second-order valence-corrected chi connectivity index (χ2v) is 4.71. The van der Waals surface area contributed by atoms with Gasteiger partial charge in [0.25, 0.3) is 0 Å². The van der Waals surface area contributed by atoms with E-state index in [2.05, 4.69) is 4.98 Å². The predicted octanol–water partition coefficient (Wildman–Crippen LogP) is 2.85. The van der Waals surface area contributed by atoms with Crippen LogP contribution in [0.5, 0.6) is 5.75 Å². The minimum absolute atomic E-state index is 0.167. The molecule has 0 atom stereocenters. The summed E-state index contributed by atoms with van der Waals surface area (Å²) in [6, 6.07) is 1.42. The molecule has 0 saturated carbocycles. The largest absolute Gasteiger partial charge is 0.505 e. The third-order valence-electron chi connectivity index (χ3n) is 2.26. The summed E-state index contributed by atoms with van der Waals surface area (Å²) in [4.78, 5) is 4.08. The quantitative estimate of drug-likeness (QED) is 0.786. The number of nitrogens with two attached hydrogens (primary N) is 1. The van der Waals surface area contributed by atoms with Gasteiger partial charge in [0.15, 0.2) is 16.7 Å². The third-order valence-corrected chi connectivity index (χ3v) is 3.13. The molecule has 2 rings (SSSR count). The number of hydrogen-bond acceptors (Lipinski definition) is 4. The first-order chi connectivity index (χ1) is 7.00. The maximum Gasteiger partial charge on any atom is 0.184 e. The zero-order chi connectivity index (χ0) is 11.2. The molecule has 0 radical (unpaired) electrons. The lowest BCUT2D eigenvalue weighted by molar-refractivity contribution is 0.435. The molecule has 1 aromatic carbocycles. The number of benzene rings is 1. The first-order valence-corrected chi connectivity index (χ1v) is 5.39. The standard InChI is InChI=1S/C10H11FN2OS/c1-4(2)5-3-6(14)7(11)9-8(5)13-10(12)15-9/h3-4,14H,1-2H3,(H2,12,13). The van der Waals surface area contributed by atoms with Gasteiger partial charge in [-0.3, -0.25) is 0 Å². The van der Waals surface area contributed by atoms with E-state index in [1.54, 1.807) is 0 Å². The number of rotatable bonds is 1. The average Bonchev–Trinajstić information content (AvgIpc) is 2.53. The molecule has 0 bridgehead atoms. The number of phenolic OH excluding ortho intramolecular Hbond substituents is 1. The van der Waals surface area contributed by atoms with E-state index in [9.17, 15) is 9.50 Å². The van der Waals surface area contributed by atoms with Gasteiger partial charge in [0, 0.05) is 0 Å². The number of anilines is 1. The lowest BCUT2D eigenvalue weighted by atomic mass is 10.0. The SMILES string of the molecule is CC(C)c1cc(O)c(F)c2sc(N)nc12. The van der Waals surface area contributed by atoms with E-state index < -0.39 is 5.82 Å². The first kappa shape index (κ1) is 10.2. The summed E-state index contributed by atoms with van der Waals surface area (Å²) in [6.45, 7) is 3.92. The molecule has 0 amide bonds. The summed E-state index contributed by atoms with van der Waals surface area (Å²) in [7, 11) is 0. The number of fused-ring (bicyclic) bond motifs is 1. The molecular formula is C10H11FN2OS. The zero-order valence-electron chi connectivity index (χ0n) is 8.41. The van der Waals surface area contributed by atoms with Crippen molar-refractivity contribution in [3.05, 3.63) is 17.4 Å². The van der Waals surface area contributed by atoms with Crippen LogP contribution in [0.4, 0.5) is 9.52 Å². The van der Waals surface area contributed by atoms with Crippen LogP contribution in [0.3, 0.4) is 0 Å². The zero-order valence-corrected chi connectivity index (χ0v) is 9.23.